The second-order valence-corrected chi connectivity index (χ2v) is 7.75. The number of halogens is 1. The minimum absolute atomic E-state index is 0.0737. The number of benzene rings is 1. The smallest absolute Gasteiger partial charge is 0.251 e. The standard InChI is InChI=1S/C22H18ClN7O/c23-17-3-1-2-4-19(17)30-20(28-29-21(30)18-7-10-25-13-26-18)15-11-16(12-15)27-22(31)14-5-8-24-9-6-14/h1-10,13,15-16H,11-12H2,(H,27,31). The van der Waals surface area contributed by atoms with E-state index in [0.29, 0.717) is 22.1 Å². The Labute approximate surface area is 183 Å². The molecule has 0 atom stereocenters. The van der Waals surface area contributed by atoms with Gasteiger partial charge in [0.25, 0.3) is 5.91 Å². The molecule has 1 fully saturated rings. The van der Waals surface area contributed by atoms with Crippen LogP contribution in [0.5, 0.6) is 0 Å². The van der Waals surface area contributed by atoms with Crippen molar-refractivity contribution >= 4 is 17.5 Å². The molecule has 31 heavy (non-hydrogen) atoms. The molecule has 9 heteroatoms. The molecule has 1 N–H and O–H groups in total. The van der Waals surface area contributed by atoms with Crippen LogP contribution in [0, 0.1) is 0 Å². The van der Waals surface area contributed by atoms with Crippen molar-refractivity contribution in [3.63, 3.8) is 0 Å². The summed E-state index contributed by atoms with van der Waals surface area (Å²) in [5.41, 5.74) is 2.06. The Bertz CT molecular complexity index is 1210. The molecule has 1 amide bonds. The van der Waals surface area contributed by atoms with Crippen LogP contribution in [-0.2, 0) is 0 Å². The molecule has 0 aliphatic heterocycles. The van der Waals surface area contributed by atoms with E-state index in [1.807, 2.05) is 28.8 Å². The minimum Gasteiger partial charge on any atom is -0.349 e. The van der Waals surface area contributed by atoms with E-state index in [-0.39, 0.29) is 17.9 Å². The Kier molecular flexibility index (Phi) is 5.13. The second kappa shape index (κ2) is 8.23. The fraction of sp³-hybridized carbons (Fsp3) is 0.182. The van der Waals surface area contributed by atoms with Crippen molar-refractivity contribution in [2.45, 2.75) is 24.8 Å². The third kappa shape index (κ3) is 3.77. The van der Waals surface area contributed by atoms with Crippen LogP contribution in [0.15, 0.2) is 67.4 Å². The fourth-order valence-electron chi connectivity index (χ4n) is 3.74. The molecule has 0 unspecified atom stereocenters. The Hall–Kier alpha value is -3.65. The maximum Gasteiger partial charge on any atom is 0.251 e. The van der Waals surface area contributed by atoms with E-state index >= 15 is 0 Å². The van der Waals surface area contributed by atoms with Crippen LogP contribution in [0.1, 0.15) is 34.9 Å². The Balaban J connectivity index is 1.41. The van der Waals surface area contributed by atoms with Gasteiger partial charge in [-0.25, -0.2) is 9.97 Å². The van der Waals surface area contributed by atoms with Crippen LogP contribution in [0.25, 0.3) is 17.2 Å². The number of carbonyl (C=O) groups excluding carboxylic acids is 1. The fourth-order valence-corrected chi connectivity index (χ4v) is 3.96. The highest BCUT2D eigenvalue weighted by Crippen LogP contribution is 2.39. The summed E-state index contributed by atoms with van der Waals surface area (Å²) in [6.45, 7) is 0. The zero-order valence-electron chi connectivity index (χ0n) is 16.4. The van der Waals surface area contributed by atoms with Gasteiger partial charge in [0.05, 0.1) is 10.7 Å². The molecular formula is C22H18ClN7O. The van der Waals surface area contributed by atoms with Crippen molar-refractivity contribution in [3.8, 4) is 17.2 Å². The second-order valence-electron chi connectivity index (χ2n) is 7.34. The van der Waals surface area contributed by atoms with Crippen molar-refractivity contribution in [3.05, 3.63) is 83.8 Å². The highest BCUT2D eigenvalue weighted by molar-refractivity contribution is 6.32. The molecule has 0 radical (unpaired) electrons. The maximum absolute atomic E-state index is 12.4. The lowest BCUT2D eigenvalue weighted by atomic mass is 9.79. The van der Waals surface area contributed by atoms with E-state index in [1.165, 1.54) is 6.33 Å². The molecule has 0 bridgehead atoms. The molecule has 8 nitrogen and oxygen atoms in total. The Morgan fingerprint density at radius 1 is 1.00 bits per heavy atom. The highest BCUT2D eigenvalue weighted by atomic mass is 35.5. The predicted octanol–water partition coefficient (Wildman–Crippen LogP) is 3.45. The van der Waals surface area contributed by atoms with Gasteiger partial charge < -0.3 is 5.32 Å². The number of aromatic nitrogens is 6. The van der Waals surface area contributed by atoms with Gasteiger partial charge in [-0.1, -0.05) is 23.7 Å². The van der Waals surface area contributed by atoms with Crippen LogP contribution in [0.4, 0.5) is 0 Å². The molecule has 1 aliphatic carbocycles. The molecule has 1 saturated carbocycles. The molecule has 0 spiro atoms. The number of rotatable bonds is 5. The van der Waals surface area contributed by atoms with Crippen molar-refractivity contribution in [1.82, 2.24) is 35.0 Å². The topological polar surface area (TPSA) is 98.5 Å². The lowest BCUT2D eigenvalue weighted by Crippen LogP contribution is -2.44. The zero-order chi connectivity index (χ0) is 21.2. The van der Waals surface area contributed by atoms with Gasteiger partial charge in [-0.05, 0) is 43.2 Å². The van der Waals surface area contributed by atoms with E-state index < -0.39 is 0 Å². The maximum atomic E-state index is 12.4. The average molecular weight is 432 g/mol. The third-order valence-corrected chi connectivity index (χ3v) is 5.69. The largest absolute Gasteiger partial charge is 0.349 e. The van der Waals surface area contributed by atoms with Crippen molar-refractivity contribution in [1.29, 1.82) is 0 Å². The normalized spacial score (nSPS) is 17.7. The van der Waals surface area contributed by atoms with E-state index in [0.717, 1.165) is 24.4 Å². The zero-order valence-corrected chi connectivity index (χ0v) is 17.1. The summed E-state index contributed by atoms with van der Waals surface area (Å²) in [7, 11) is 0. The number of nitrogens with one attached hydrogen (secondary N) is 1. The average Bonchev–Trinajstić information content (AvgIpc) is 3.21. The van der Waals surface area contributed by atoms with Crippen molar-refractivity contribution < 1.29 is 4.79 Å². The van der Waals surface area contributed by atoms with Gasteiger partial charge in [0.15, 0.2) is 5.82 Å². The molecule has 154 valence electrons. The SMILES string of the molecule is O=C(NC1CC(c2nnc(-c3ccncn3)n2-c2ccccc2Cl)C1)c1ccncc1. The molecular weight excluding hydrogens is 414 g/mol. The summed E-state index contributed by atoms with van der Waals surface area (Å²) < 4.78 is 1.95. The molecule has 5 rings (SSSR count). The third-order valence-electron chi connectivity index (χ3n) is 5.37. The van der Waals surface area contributed by atoms with Gasteiger partial charge >= 0.3 is 0 Å². The number of amides is 1. The summed E-state index contributed by atoms with van der Waals surface area (Å²) in [4.78, 5) is 24.7. The quantitative estimate of drug-likeness (QED) is 0.519. The van der Waals surface area contributed by atoms with Gasteiger partial charge in [0.1, 0.15) is 17.8 Å². The van der Waals surface area contributed by atoms with Crippen LogP contribution in [0.2, 0.25) is 5.02 Å². The Morgan fingerprint density at radius 2 is 1.77 bits per heavy atom. The molecule has 3 aromatic heterocycles. The lowest BCUT2D eigenvalue weighted by molar-refractivity contribution is 0.0907. The van der Waals surface area contributed by atoms with E-state index in [4.69, 9.17) is 11.6 Å². The van der Waals surface area contributed by atoms with Gasteiger partial charge in [0.2, 0.25) is 0 Å². The first-order chi connectivity index (χ1) is 15.2. The van der Waals surface area contributed by atoms with Crippen molar-refractivity contribution in [2.75, 3.05) is 0 Å². The summed E-state index contributed by atoms with van der Waals surface area (Å²) in [5.74, 6) is 1.45. The molecule has 1 aliphatic rings. The van der Waals surface area contributed by atoms with Crippen LogP contribution in [0.3, 0.4) is 0 Å². The number of carbonyl (C=O) groups is 1. The molecule has 4 aromatic rings. The number of para-hydroxylation sites is 1. The molecule has 0 saturated heterocycles. The number of nitrogens with zero attached hydrogens (tertiary/aromatic N) is 6. The first kappa shape index (κ1) is 19.3. The minimum atomic E-state index is -0.0971. The summed E-state index contributed by atoms with van der Waals surface area (Å²) in [6.07, 6.45) is 7.90. The van der Waals surface area contributed by atoms with Crippen molar-refractivity contribution in [2.24, 2.45) is 0 Å². The first-order valence-electron chi connectivity index (χ1n) is 9.88. The summed E-state index contributed by atoms with van der Waals surface area (Å²) in [5, 5.41) is 12.6. The first-order valence-corrected chi connectivity index (χ1v) is 10.3. The van der Waals surface area contributed by atoms with Crippen LogP contribution >= 0.6 is 11.6 Å². The summed E-state index contributed by atoms with van der Waals surface area (Å²) in [6, 6.07) is 12.8. The number of hydrogen-bond acceptors (Lipinski definition) is 6. The number of pyridine rings is 1. The van der Waals surface area contributed by atoms with Crippen LogP contribution < -0.4 is 5.32 Å². The predicted molar refractivity (Wildman–Crippen MR) is 115 cm³/mol. The van der Waals surface area contributed by atoms with E-state index in [9.17, 15) is 4.79 Å². The molecule has 1 aromatic carbocycles. The highest BCUT2D eigenvalue weighted by Gasteiger charge is 2.36. The van der Waals surface area contributed by atoms with Crippen LogP contribution in [-0.4, -0.2) is 41.7 Å². The lowest BCUT2D eigenvalue weighted by Gasteiger charge is -2.35. The Morgan fingerprint density at radius 3 is 2.52 bits per heavy atom. The summed E-state index contributed by atoms with van der Waals surface area (Å²) >= 11 is 6.51. The van der Waals surface area contributed by atoms with Gasteiger partial charge in [-0.3, -0.25) is 14.3 Å². The van der Waals surface area contributed by atoms with E-state index in [1.54, 1.807) is 36.8 Å². The monoisotopic (exact) mass is 431 g/mol. The van der Waals surface area contributed by atoms with Gasteiger partial charge in [0, 0.05) is 36.1 Å². The number of hydrogen-bond donors (Lipinski definition) is 1. The molecule has 3 heterocycles. The van der Waals surface area contributed by atoms with Gasteiger partial charge in [-0.15, -0.1) is 10.2 Å². The van der Waals surface area contributed by atoms with Gasteiger partial charge in [-0.2, -0.15) is 0 Å². The van der Waals surface area contributed by atoms with E-state index in [2.05, 4.69) is 30.5 Å².